The van der Waals surface area contributed by atoms with Crippen LogP contribution in [0.1, 0.15) is 68.2 Å². The maximum absolute atomic E-state index is 11.3. The molecule has 148 valence electrons. The third kappa shape index (κ3) is 11.6. The molecule has 0 spiro atoms. The zero-order valence-electron chi connectivity index (χ0n) is 17.0. The average molecular weight is 360 g/mol. The highest BCUT2D eigenvalue weighted by Crippen LogP contribution is 2.23. The van der Waals surface area contributed by atoms with Crippen molar-refractivity contribution in [2.45, 2.75) is 91.5 Å². The normalized spacial score (nSPS) is 17.8. The number of alkyl carbamates (subject to hydrolysis) is 1. The number of amides is 2. The Kier molecular flexibility index (Phi) is 9.26. The van der Waals surface area contributed by atoms with Gasteiger partial charge in [0.05, 0.1) is 18.7 Å². The van der Waals surface area contributed by atoms with Gasteiger partial charge in [-0.1, -0.05) is 13.8 Å². The zero-order valence-corrected chi connectivity index (χ0v) is 17.0. The van der Waals surface area contributed by atoms with E-state index in [2.05, 4.69) is 12.2 Å². The number of hydrogen-bond donors (Lipinski definition) is 2. The standard InChI is InChI=1S/C9H19NO3.C9H17NO2/c1-5-7(6-11)10-8(12)13-9(2,3)4;1-5-7-6-10(7)8(11)12-9(2,3)4/h7,11H,5-6H2,1-4H3,(H,10,12);7H,5-6H2,1-4H3/t7-;7-,10?/m11/s1. The summed E-state index contributed by atoms with van der Waals surface area (Å²) >= 11 is 0. The second-order valence-corrected chi connectivity index (χ2v) is 8.13. The molecule has 2 N–H and O–H groups in total. The highest BCUT2D eigenvalue weighted by atomic mass is 16.6. The Labute approximate surface area is 152 Å². The van der Waals surface area contributed by atoms with Gasteiger partial charge in [0.1, 0.15) is 11.2 Å². The van der Waals surface area contributed by atoms with Gasteiger partial charge in [0.2, 0.25) is 0 Å². The highest BCUT2D eigenvalue weighted by Gasteiger charge is 2.39. The fraction of sp³-hybridized carbons (Fsp3) is 0.889. The van der Waals surface area contributed by atoms with Gasteiger partial charge in [0, 0.05) is 6.54 Å². The monoisotopic (exact) mass is 360 g/mol. The van der Waals surface area contributed by atoms with Crippen LogP contribution in [-0.2, 0) is 9.47 Å². The smallest absolute Gasteiger partial charge is 0.410 e. The lowest BCUT2D eigenvalue weighted by Crippen LogP contribution is -2.40. The predicted molar refractivity (Wildman–Crippen MR) is 97.6 cm³/mol. The molecule has 0 unspecified atom stereocenters. The van der Waals surface area contributed by atoms with Crippen molar-refractivity contribution in [3.8, 4) is 0 Å². The molecule has 2 atom stereocenters. The predicted octanol–water partition coefficient (Wildman–Crippen LogP) is 3.30. The van der Waals surface area contributed by atoms with E-state index in [-0.39, 0.29) is 24.3 Å². The molecule has 1 aliphatic heterocycles. The Morgan fingerprint density at radius 2 is 1.64 bits per heavy atom. The Morgan fingerprint density at radius 1 is 1.12 bits per heavy atom. The van der Waals surface area contributed by atoms with Gasteiger partial charge in [0.25, 0.3) is 0 Å². The fourth-order valence-electron chi connectivity index (χ4n) is 1.82. The molecule has 0 aromatic heterocycles. The van der Waals surface area contributed by atoms with Gasteiger partial charge < -0.3 is 24.8 Å². The lowest BCUT2D eigenvalue weighted by molar-refractivity contribution is 0.0405. The SMILES string of the molecule is CC[C@@H]1CN1C(=O)OC(C)(C)C.CC[C@H](CO)NC(=O)OC(C)(C)C. The van der Waals surface area contributed by atoms with E-state index in [9.17, 15) is 9.59 Å². The summed E-state index contributed by atoms with van der Waals surface area (Å²) in [4.78, 5) is 24.2. The number of nitrogens with zero attached hydrogens (tertiary/aromatic N) is 1. The second-order valence-electron chi connectivity index (χ2n) is 8.13. The lowest BCUT2D eigenvalue weighted by atomic mass is 10.2. The van der Waals surface area contributed by atoms with E-state index in [1.807, 2.05) is 27.7 Å². The molecule has 25 heavy (non-hydrogen) atoms. The molecule has 0 saturated carbocycles. The third-order valence-corrected chi connectivity index (χ3v) is 3.25. The quantitative estimate of drug-likeness (QED) is 0.751. The van der Waals surface area contributed by atoms with Gasteiger partial charge in [-0.05, 0) is 54.4 Å². The van der Waals surface area contributed by atoms with Crippen molar-refractivity contribution < 1.29 is 24.2 Å². The van der Waals surface area contributed by atoms with Crippen molar-refractivity contribution in [1.82, 2.24) is 10.2 Å². The van der Waals surface area contributed by atoms with Gasteiger partial charge in [-0.2, -0.15) is 0 Å². The van der Waals surface area contributed by atoms with Crippen LogP contribution >= 0.6 is 0 Å². The molecule has 0 aliphatic carbocycles. The molecule has 1 fully saturated rings. The Morgan fingerprint density at radius 3 is 1.96 bits per heavy atom. The van der Waals surface area contributed by atoms with Crippen molar-refractivity contribution >= 4 is 12.2 Å². The first-order valence-corrected chi connectivity index (χ1v) is 8.92. The number of aliphatic hydroxyl groups is 1. The van der Waals surface area contributed by atoms with Crippen molar-refractivity contribution in [2.75, 3.05) is 13.2 Å². The van der Waals surface area contributed by atoms with Gasteiger partial charge in [-0.25, -0.2) is 9.59 Å². The fourth-order valence-corrected chi connectivity index (χ4v) is 1.82. The molecule has 2 amide bonds. The van der Waals surface area contributed by atoms with E-state index in [1.54, 1.807) is 25.7 Å². The van der Waals surface area contributed by atoms with Crippen LogP contribution in [0.3, 0.4) is 0 Å². The summed E-state index contributed by atoms with van der Waals surface area (Å²) in [7, 11) is 0. The largest absolute Gasteiger partial charge is 0.444 e. The first kappa shape index (κ1) is 23.5. The highest BCUT2D eigenvalue weighted by molar-refractivity contribution is 5.71. The second kappa shape index (κ2) is 9.85. The number of nitrogens with one attached hydrogen (secondary N) is 1. The lowest BCUT2D eigenvalue weighted by Gasteiger charge is -2.22. The number of carbonyl (C=O) groups excluding carboxylic acids is 2. The van der Waals surface area contributed by atoms with Crippen LogP contribution in [0.4, 0.5) is 9.59 Å². The first-order valence-electron chi connectivity index (χ1n) is 8.92. The molecule has 0 aromatic rings. The number of hydrogen-bond acceptors (Lipinski definition) is 5. The summed E-state index contributed by atoms with van der Waals surface area (Å²) in [5.74, 6) is 0. The Bertz CT molecular complexity index is 422. The molecule has 0 aromatic carbocycles. The van der Waals surface area contributed by atoms with Gasteiger partial charge in [-0.15, -0.1) is 0 Å². The summed E-state index contributed by atoms with van der Waals surface area (Å²) < 4.78 is 10.2. The third-order valence-electron chi connectivity index (χ3n) is 3.25. The van der Waals surface area contributed by atoms with Crippen LogP contribution in [0.2, 0.25) is 0 Å². The number of carbonyl (C=O) groups is 2. The Balaban J connectivity index is 0.000000462. The van der Waals surface area contributed by atoms with E-state index < -0.39 is 11.7 Å². The molecule has 1 rings (SSSR count). The van der Waals surface area contributed by atoms with E-state index in [0.29, 0.717) is 12.5 Å². The van der Waals surface area contributed by atoms with Gasteiger partial charge in [-0.3, -0.25) is 0 Å². The summed E-state index contributed by atoms with van der Waals surface area (Å²) in [6.07, 6.45) is 1.07. The zero-order chi connectivity index (χ0) is 19.8. The van der Waals surface area contributed by atoms with Crippen molar-refractivity contribution in [3.63, 3.8) is 0 Å². The molecule has 7 heteroatoms. The van der Waals surface area contributed by atoms with Crippen LogP contribution in [-0.4, -0.2) is 58.6 Å². The van der Waals surface area contributed by atoms with Crippen molar-refractivity contribution in [2.24, 2.45) is 0 Å². The molecule has 1 aliphatic rings. The first-order chi connectivity index (χ1) is 11.3. The molecule has 1 heterocycles. The van der Waals surface area contributed by atoms with E-state index in [0.717, 1.165) is 13.0 Å². The maximum Gasteiger partial charge on any atom is 0.410 e. The maximum atomic E-state index is 11.3. The summed E-state index contributed by atoms with van der Waals surface area (Å²) in [5.41, 5.74) is -0.851. The Hall–Kier alpha value is -1.50. The summed E-state index contributed by atoms with van der Waals surface area (Å²) in [5, 5.41) is 11.4. The van der Waals surface area contributed by atoms with Crippen LogP contribution < -0.4 is 5.32 Å². The molecular formula is C18H36N2O5. The minimum Gasteiger partial charge on any atom is -0.444 e. The number of aliphatic hydroxyl groups excluding tert-OH is 1. The minimum atomic E-state index is -0.488. The number of rotatable bonds is 4. The van der Waals surface area contributed by atoms with Crippen LogP contribution in [0.25, 0.3) is 0 Å². The van der Waals surface area contributed by atoms with E-state index in [4.69, 9.17) is 14.6 Å². The van der Waals surface area contributed by atoms with Gasteiger partial charge >= 0.3 is 12.2 Å². The molecule has 0 bridgehead atoms. The van der Waals surface area contributed by atoms with Crippen LogP contribution in [0.5, 0.6) is 0 Å². The molecule has 1 saturated heterocycles. The van der Waals surface area contributed by atoms with Crippen molar-refractivity contribution in [1.29, 1.82) is 0 Å². The summed E-state index contributed by atoms with van der Waals surface area (Å²) in [6.45, 7) is 15.8. The molecule has 0 radical (unpaired) electrons. The minimum absolute atomic E-state index is 0.0598. The average Bonchev–Trinajstić information content (AvgIpc) is 3.21. The van der Waals surface area contributed by atoms with E-state index >= 15 is 0 Å². The van der Waals surface area contributed by atoms with Crippen LogP contribution in [0.15, 0.2) is 0 Å². The van der Waals surface area contributed by atoms with Gasteiger partial charge in [0.15, 0.2) is 0 Å². The number of ether oxygens (including phenoxy) is 2. The van der Waals surface area contributed by atoms with Crippen LogP contribution in [0, 0.1) is 0 Å². The molecular weight excluding hydrogens is 324 g/mol. The topological polar surface area (TPSA) is 87.9 Å². The summed E-state index contributed by atoms with van der Waals surface area (Å²) in [6, 6.07) is 0.217. The van der Waals surface area contributed by atoms with E-state index in [1.165, 1.54) is 0 Å². The van der Waals surface area contributed by atoms with Crippen molar-refractivity contribution in [3.05, 3.63) is 0 Å². The molecule has 7 nitrogen and oxygen atoms in total.